The van der Waals surface area contributed by atoms with Crippen molar-refractivity contribution in [3.05, 3.63) is 28.6 Å². The van der Waals surface area contributed by atoms with Gasteiger partial charge >= 0.3 is 5.69 Å². The second-order valence-electron chi connectivity index (χ2n) is 3.95. The Labute approximate surface area is 93.2 Å². The summed E-state index contributed by atoms with van der Waals surface area (Å²) in [6.45, 7) is 1.54. The van der Waals surface area contributed by atoms with E-state index >= 15 is 0 Å². The molecule has 16 heavy (non-hydrogen) atoms. The fourth-order valence-corrected chi connectivity index (χ4v) is 1.93. The summed E-state index contributed by atoms with van der Waals surface area (Å²) in [5.74, 6) is 0. The molecule has 2 heterocycles. The van der Waals surface area contributed by atoms with Crippen LogP contribution in [0.5, 0.6) is 0 Å². The SMILES string of the molecule is NC1CCN(c2ccncc2[N+](=O)[O-])CC1. The maximum Gasteiger partial charge on any atom is 0.310 e. The first kappa shape index (κ1) is 10.8. The fourth-order valence-electron chi connectivity index (χ4n) is 1.93. The molecular formula is C10H14N4O2. The molecule has 0 bridgehead atoms. The fraction of sp³-hybridized carbons (Fsp3) is 0.500. The van der Waals surface area contributed by atoms with Gasteiger partial charge in [-0.15, -0.1) is 0 Å². The van der Waals surface area contributed by atoms with Crippen LogP contribution in [0.3, 0.4) is 0 Å². The molecule has 6 heteroatoms. The van der Waals surface area contributed by atoms with E-state index in [1.165, 1.54) is 6.20 Å². The number of aromatic nitrogens is 1. The molecule has 0 unspecified atom stereocenters. The van der Waals surface area contributed by atoms with Crippen LogP contribution in [0, 0.1) is 10.1 Å². The summed E-state index contributed by atoms with van der Waals surface area (Å²) in [4.78, 5) is 16.2. The Morgan fingerprint density at radius 3 is 2.81 bits per heavy atom. The zero-order chi connectivity index (χ0) is 11.5. The summed E-state index contributed by atoms with van der Waals surface area (Å²) < 4.78 is 0. The molecule has 1 aromatic heterocycles. The van der Waals surface area contributed by atoms with E-state index in [0.29, 0.717) is 5.69 Å². The number of pyridine rings is 1. The lowest BCUT2D eigenvalue weighted by molar-refractivity contribution is -0.384. The molecule has 0 spiro atoms. The highest BCUT2D eigenvalue weighted by molar-refractivity contribution is 5.61. The Hall–Kier alpha value is -1.69. The Morgan fingerprint density at radius 2 is 2.19 bits per heavy atom. The molecule has 0 atom stereocenters. The van der Waals surface area contributed by atoms with Crippen LogP contribution in [-0.2, 0) is 0 Å². The summed E-state index contributed by atoms with van der Waals surface area (Å²) in [6, 6.07) is 1.91. The molecule has 1 aromatic rings. The third kappa shape index (κ3) is 2.11. The van der Waals surface area contributed by atoms with Crippen LogP contribution in [0.25, 0.3) is 0 Å². The minimum absolute atomic E-state index is 0.0676. The third-order valence-electron chi connectivity index (χ3n) is 2.85. The van der Waals surface area contributed by atoms with E-state index in [9.17, 15) is 10.1 Å². The zero-order valence-electron chi connectivity index (χ0n) is 8.87. The maximum absolute atomic E-state index is 10.8. The van der Waals surface area contributed by atoms with E-state index < -0.39 is 4.92 Å². The van der Waals surface area contributed by atoms with Crippen LogP contribution >= 0.6 is 0 Å². The molecular weight excluding hydrogens is 208 g/mol. The van der Waals surface area contributed by atoms with Crippen LogP contribution in [0.15, 0.2) is 18.5 Å². The lowest BCUT2D eigenvalue weighted by Crippen LogP contribution is -2.39. The second kappa shape index (κ2) is 4.44. The van der Waals surface area contributed by atoms with Gasteiger partial charge in [-0.2, -0.15) is 0 Å². The molecule has 86 valence electrons. The maximum atomic E-state index is 10.8. The van der Waals surface area contributed by atoms with Crippen molar-refractivity contribution in [1.82, 2.24) is 4.98 Å². The number of nitrogens with two attached hydrogens (primary N) is 1. The van der Waals surface area contributed by atoms with Gasteiger partial charge in [0.2, 0.25) is 0 Å². The molecule has 0 amide bonds. The monoisotopic (exact) mass is 222 g/mol. The van der Waals surface area contributed by atoms with Crippen molar-refractivity contribution in [2.75, 3.05) is 18.0 Å². The van der Waals surface area contributed by atoms with Crippen molar-refractivity contribution in [1.29, 1.82) is 0 Å². The van der Waals surface area contributed by atoms with Crippen molar-refractivity contribution in [3.63, 3.8) is 0 Å². The summed E-state index contributed by atoms with van der Waals surface area (Å²) in [7, 11) is 0. The molecule has 2 rings (SSSR count). The van der Waals surface area contributed by atoms with Crippen molar-refractivity contribution < 1.29 is 4.92 Å². The van der Waals surface area contributed by atoms with E-state index in [2.05, 4.69) is 4.98 Å². The standard InChI is InChI=1S/C10H14N4O2/c11-8-2-5-13(6-3-8)9-1-4-12-7-10(9)14(15)16/h1,4,7-8H,2-3,5-6,11H2. The summed E-state index contributed by atoms with van der Waals surface area (Å²) in [5, 5.41) is 10.8. The molecule has 1 aliphatic rings. The highest BCUT2D eigenvalue weighted by Crippen LogP contribution is 2.28. The number of piperidine rings is 1. The van der Waals surface area contributed by atoms with Crippen LogP contribution in [0.2, 0.25) is 0 Å². The Balaban J connectivity index is 2.23. The van der Waals surface area contributed by atoms with Gasteiger partial charge < -0.3 is 10.6 Å². The first-order valence-electron chi connectivity index (χ1n) is 5.27. The van der Waals surface area contributed by atoms with E-state index in [-0.39, 0.29) is 11.7 Å². The second-order valence-corrected chi connectivity index (χ2v) is 3.95. The van der Waals surface area contributed by atoms with Gasteiger partial charge in [-0.25, -0.2) is 0 Å². The van der Waals surface area contributed by atoms with Gasteiger partial charge in [0, 0.05) is 25.3 Å². The van der Waals surface area contributed by atoms with Gasteiger partial charge in [-0.05, 0) is 18.9 Å². The topological polar surface area (TPSA) is 85.3 Å². The van der Waals surface area contributed by atoms with Crippen LogP contribution in [0.1, 0.15) is 12.8 Å². The van der Waals surface area contributed by atoms with Gasteiger partial charge in [0.05, 0.1) is 4.92 Å². The molecule has 6 nitrogen and oxygen atoms in total. The highest BCUT2D eigenvalue weighted by atomic mass is 16.6. The van der Waals surface area contributed by atoms with Gasteiger partial charge in [0.15, 0.2) is 0 Å². The van der Waals surface area contributed by atoms with Gasteiger partial charge in [-0.3, -0.25) is 15.1 Å². The first-order chi connectivity index (χ1) is 7.68. The Kier molecular flexibility index (Phi) is 3.00. The third-order valence-corrected chi connectivity index (χ3v) is 2.85. The summed E-state index contributed by atoms with van der Waals surface area (Å²) in [5.41, 5.74) is 6.51. The zero-order valence-corrected chi connectivity index (χ0v) is 8.87. The average Bonchev–Trinajstić information content (AvgIpc) is 2.30. The normalized spacial score (nSPS) is 17.4. The molecule has 1 saturated heterocycles. The number of hydrogen-bond acceptors (Lipinski definition) is 5. The van der Waals surface area contributed by atoms with E-state index in [0.717, 1.165) is 25.9 Å². The highest BCUT2D eigenvalue weighted by Gasteiger charge is 2.23. The quantitative estimate of drug-likeness (QED) is 0.594. The largest absolute Gasteiger partial charge is 0.366 e. The molecule has 0 aromatic carbocycles. The van der Waals surface area contributed by atoms with E-state index in [4.69, 9.17) is 5.73 Å². The number of anilines is 1. The Morgan fingerprint density at radius 1 is 1.50 bits per heavy atom. The summed E-state index contributed by atoms with van der Waals surface area (Å²) >= 11 is 0. The lowest BCUT2D eigenvalue weighted by Gasteiger charge is -2.31. The van der Waals surface area contributed by atoms with Crippen molar-refractivity contribution in [3.8, 4) is 0 Å². The van der Waals surface area contributed by atoms with Crippen LogP contribution in [-0.4, -0.2) is 29.0 Å². The van der Waals surface area contributed by atoms with Crippen LogP contribution in [0.4, 0.5) is 11.4 Å². The van der Waals surface area contributed by atoms with E-state index in [1.807, 2.05) is 4.90 Å². The first-order valence-corrected chi connectivity index (χ1v) is 5.27. The van der Waals surface area contributed by atoms with Crippen molar-refractivity contribution in [2.24, 2.45) is 5.73 Å². The molecule has 1 aliphatic heterocycles. The number of hydrogen-bond donors (Lipinski definition) is 1. The van der Waals surface area contributed by atoms with Gasteiger partial charge in [-0.1, -0.05) is 0 Å². The average molecular weight is 222 g/mol. The number of nitro groups is 1. The predicted molar refractivity (Wildman–Crippen MR) is 60.3 cm³/mol. The van der Waals surface area contributed by atoms with Crippen LogP contribution < -0.4 is 10.6 Å². The van der Waals surface area contributed by atoms with Crippen molar-refractivity contribution in [2.45, 2.75) is 18.9 Å². The molecule has 1 fully saturated rings. The molecule has 0 aliphatic carbocycles. The molecule has 2 N–H and O–H groups in total. The molecule has 0 saturated carbocycles. The number of rotatable bonds is 2. The van der Waals surface area contributed by atoms with E-state index in [1.54, 1.807) is 12.3 Å². The molecule has 0 radical (unpaired) electrons. The van der Waals surface area contributed by atoms with Crippen molar-refractivity contribution >= 4 is 11.4 Å². The van der Waals surface area contributed by atoms with Gasteiger partial charge in [0.25, 0.3) is 0 Å². The number of nitrogens with zero attached hydrogens (tertiary/aromatic N) is 3. The minimum Gasteiger partial charge on any atom is -0.366 e. The van der Waals surface area contributed by atoms with Gasteiger partial charge in [0.1, 0.15) is 11.9 Å². The predicted octanol–water partition coefficient (Wildman–Crippen LogP) is 0.917. The summed E-state index contributed by atoms with van der Waals surface area (Å²) in [6.07, 6.45) is 4.62. The lowest BCUT2D eigenvalue weighted by atomic mass is 10.1. The Bertz CT molecular complexity index is 388. The minimum atomic E-state index is -0.392. The smallest absolute Gasteiger partial charge is 0.310 e.